The number of Topliss-reactive ketones (excluding diaryl/α,β-unsaturated/α-hetero) is 1. The molecule has 0 aliphatic rings. The Kier molecular flexibility index (Phi) is 3.19. The lowest BCUT2D eigenvalue weighted by Gasteiger charge is -1.92. The molecule has 0 saturated carbocycles. The molecule has 1 aromatic heterocycles. The van der Waals surface area contributed by atoms with Crippen LogP contribution in [0.2, 0.25) is 0 Å². The molecule has 0 aliphatic heterocycles. The van der Waals surface area contributed by atoms with Crippen molar-refractivity contribution >= 4 is 22.8 Å². The normalized spacial score (nSPS) is 11.5. The highest BCUT2D eigenvalue weighted by Crippen LogP contribution is 2.17. The first kappa shape index (κ1) is 9.92. The molecule has 70 valence electrons. The van der Waals surface area contributed by atoms with Crippen LogP contribution in [-0.4, -0.2) is 18.6 Å². The van der Waals surface area contributed by atoms with Gasteiger partial charge in [-0.2, -0.15) is 0 Å². The van der Waals surface area contributed by atoms with E-state index in [-0.39, 0.29) is 5.78 Å². The van der Waals surface area contributed by atoms with Crippen molar-refractivity contribution in [3.8, 4) is 0 Å². The number of nitrogens with zero attached hydrogens (tertiary/aromatic N) is 1. The molecular formula is C9H11NO2S. The summed E-state index contributed by atoms with van der Waals surface area (Å²) >= 11 is 1.43. The van der Waals surface area contributed by atoms with E-state index in [0.29, 0.717) is 0 Å². The molecule has 13 heavy (non-hydrogen) atoms. The summed E-state index contributed by atoms with van der Waals surface area (Å²) < 4.78 is 0. The quantitative estimate of drug-likeness (QED) is 0.424. The first-order valence-electron chi connectivity index (χ1n) is 3.84. The molecule has 0 aliphatic carbocycles. The zero-order valence-corrected chi connectivity index (χ0v) is 8.64. The van der Waals surface area contributed by atoms with Crippen LogP contribution in [-0.2, 0) is 4.84 Å². The monoisotopic (exact) mass is 197 g/mol. The number of hydrogen-bond acceptors (Lipinski definition) is 4. The van der Waals surface area contributed by atoms with E-state index in [2.05, 4.69) is 9.99 Å². The molecule has 0 fully saturated rings. The Morgan fingerprint density at radius 1 is 1.38 bits per heavy atom. The van der Waals surface area contributed by atoms with Crippen molar-refractivity contribution in [2.24, 2.45) is 5.16 Å². The van der Waals surface area contributed by atoms with Crippen molar-refractivity contribution in [2.45, 2.75) is 13.8 Å². The van der Waals surface area contributed by atoms with Crippen LogP contribution in [0, 0.1) is 0 Å². The second-order valence-corrected chi connectivity index (χ2v) is 3.66. The molecule has 0 aromatic carbocycles. The number of ketones is 1. The molecule has 0 radical (unpaired) electrons. The van der Waals surface area contributed by atoms with E-state index >= 15 is 0 Å². The maximum Gasteiger partial charge on any atom is 0.169 e. The lowest BCUT2D eigenvalue weighted by Crippen LogP contribution is -1.90. The summed E-state index contributed by atoms with van der Waals surface area (Å²) in [6, 6.07) is 3.68. The predicted octanol–water partition coefficient (Wildman–Crippen LogP) is 2.32. The third-order valence-electron chi connectivity index (χ3n) is 1.54. The predicted molar refractivity (Wildman–Crippen MR) is 53.5 cm³/mol. The van der Waals surface area contributed by atoms with Crippen LogP contribution in [0.15, 0.2) is 17.3 Å². The molecule has 1 aromatic rings. The average Bonchev–Trinajstić information content (AvgIpc) is 2.52. The Morgan fingerprint density at radius 3 is 2.46 bits per heavy atom. The van der Waals surface area contributed by atoms with Gasteiger partial charge in [0.25, 0.3) is 0 Å². The highest BCUT2D eigenvalue weighted by atomic mass is 32.1. The van der Waals surface area contributed by atoms with E-state index in [4.69, 9.17) is 0 Å². The van der Waals surface area contributed by atoms with Gasteiger partial charge in [-0.15, -0.1) is 11.3 Å². The van der Waals surface area contributed by atoms with Crippen molar-refractivity contribution in [1.29, 1.82) is 0 Å². The molecule has 4 heteroatoms. The number of rotatable bonds is 3. The first-order valence-corrected chi connectivity index (χ1v) is 4.65. The summed E-state index contributed by atoms with van der Waals surface area (Å²) in [5, 5.41) is 3.78. The van der Waals surface area contributed by atoms with Gasteiger partial charge in [0.1, 0.15) is 7.11 Å². The van der Waals surface area contributed by atoms with E-state index in [1.807, 2.05) is 13.0 Å². The van der Waals surface area contributed by atoms with Gasteiger partial charge in [-0.3, -0.25) is 4.79 Å². The van der Waals surface area contributed by atoms with Gasteiger partial charge >= 0.3 is 0 Å². The minimum atomic E-state index is 0.0847. The van der Waals surface area contributed by atoms with Gasteiger partial charge in [-0.05, 0) is 26.0 Å². The van der Waals surface area contributed by atoms with Gasteiger partial charge in [0.2, 0.25) is 0 Å². The molecule has 0 N–H and O–H groups in total. The zero-order chi connectivity index (χ0) is 9.84. The third-order valence-corrected chi connectivity index (χ3v) is 2.83. The molecule has 1 rings (SSSR count). The summed E-state index contributed by atoms with van der Waals surface area (Å²) in [5.41, 5.74) is 0.792. The van der Waals surface area contributed by atoms with Crippen LogP contribution >= 0.6 is 11.3 Å². The topological polar surface area (TPSA) is 38.7 Å². The van der Waals surface area contributed by atoms with E-state index < -0.39 is 0 Å². The fraction of sp³-hybridized carbons (Fsp3) is 0.333. The summed E-state index contributed by atoms with van der Waals surface area (Å²) in [6.07, 6.45) is 0. The zero-order valence-electron chi connectivity index (χ0n) is 7.83. The SMILES string of the molecule is CO/N=C(\C)c1ccc(C(C)=O)s1. The maximum atomic E-state index is 11.0. The smallest absolute Gasteiger partial charge is 0.169 e. The van der Waals surface area contributed by atoms with E-state index in [1.165, 1.54) is 18.4 Å². The number of oxime groups is 1. The summed E-state index contributed by atoms with van der Waals surface area (Å²) in [6.45, 7) is 3.40. The van der Waals surface area contributed by atoms with Crippen molar-refractivity contribution in [2.75, 3.05) is 7.11 Å². The van der Waals surface area contributed by atoms with Crippen molar-refractivity contribution in [3.63, 3.8) is 0 Å². The van der Waals surface area contributed by atoms with Crippen LogP contribution in [0.3, 0.4) is 0 Å². The fourth-order valence-corrected chi connectivity index (χ4v) is 1.74. The van der Waals surface area contributed by atoms with Crippen molar-refractivity contribution < 1.29 is 9.63 Å². The number of carbonyl (C=O) groups is 1. The third kappa shape index (κ3) is 2.39. The Morgan fingerprint density at radius 2 is 2.00 bits per heavy atom. The summed E-state index contributed by atoms with van der Waals surface area (Å²) in [7, 11) is 1.50. The van der Waals surface area contributed by atoms with E-state index in [0.717, 1.165) is 15.5 Å². The Labute approximate surface area is 81.0 Å². The molecule has 3 nitrogen and oxygen atoms in total. The first-order chi connectivity index (χ1) is 6.15. The molecule has 0 unspecified atom stereocenters. The molecule has 0 bridgehead atoms. The van der Waals surface area contributed by atoms with Crippen LogP contribution in [0.4, 0.5) is 0 Å². The maximum absolute atomic E-state index is 11.0. The van der Waals surface area contributed by atoms with Gasteiger partial charge in [0, 0.05) is 0 Å². The largest absolute Gasteiger partial charge is 0.399 e. The van der Waals surface area contributed by atoms with E-state index in [1.54, 1.807) is 13.0 Å². The highest BCUT2D eigenvalue weighted by molar-refractivity contribution is 7.16. The van der Waals surface area contributed by atoms with E-state index in [9.17, 15) is 4.79 Å². The minimum absolute atomic E-state index is 0.0847. The molecule has 0 saturated heterocycles. The lowest BCUT2D eigenvalue weighted by atomic mass is 10.3. The van der Waals surface area contributed by atoms with Crippen LogP contribution in [0.5, 0.6) is 0 Å². The molecular weight excluding hydrogens is 186 g/mol. The second-order valence-electron chi connectivity index (χ2n) is 2.58. The van der Waals surface area contributed by atoms with Gasteiger partial charge in [-0.25, -0.2) is 0 Å². The van der Waals surface area contributed by atoms with Gasteiger partial charge < -0.3 is 4.84 Å². The second kappa shape index (κ2) is 4.18. The van der Waals surface area contributed by atoms with Crippen molar-refractivity contribution in [1.82, 2.24) is 0 Å². The molecule has 0 amide bonds. The van der Waals surface area contributed by atoms with Crippen LogP contribution in [0.25, 0.3) is 0 Å². The Hall–Kier alpha value is -1.16. The van der Waals surface area contributed by atoms with Gasteiger partial charge in [0.15, 0.2) is 5.78 Å². The highest BCUT2D eigenvalue weighted by Gasteiger charge is 2.06. The molecule has 0 spiro atoms. The molecule has 0 atom stereocenters. The Bertz CT molecular complexity index is 341. The standard InChI is InChI=1S/C9H11NO2S/c1-6(10-12-3)8-4-5-9(13-8)7(2)11/h4-5H,1-3H3/b10-6+. The number of hydrogen-bond donors (Lipinski definition) is 0. The van der Waals surface area contributed by atoms with Crippen LogP contribution < -0.4 is 0 Å². The van der Waals surface area contributed by atoms with Gasteiger partial charge in [-0.1, -0.05) is 5.16 Å². The van der Waals surface area contributed by atoms with Gasteiger partial charge in [0.05, 0.1) is 15.5 Å². The average molecular weight is 197 g/mol. The summed E-state index contributed by atoms with van der Waals surface area (Å²) in [5.74, 6) is 0.0847. The lowest BCUT2D eigenvalue weighted by molar-refractivity contribution is 0.102. The van der Waals surface area contributed by atoms with Crippen LogP contribution in [0.1, 0.15) is 28.4 Å². The number of carbonyl (C=O) groups excluding carboxylic acids is 1. The minimum Gasteiger partial charge on any atom is -0.399 e. The Balaban J connectivity index is 2.92. The summed E-state index contributed by atoms with van der Waals surface area (Å²) in [4.78, 5) is 17.3. The van der Waals surface area contributed by atoms with Crippen molar-refractivity contribution in [3.05, 3.63) is 21.9 Å². The fourth-order valence-electron chi connectivity index (χ4n) is 0.903. The number of thiophene rings is 1. The molecule has 1 heterocycles.